The van der Waals surface area contributed by atoms with Gasteiger partial charge in [-0.05, 0) is 19.1 Å². The third-order valence-corrected chi connectivity index (χ3v) is 2.83. The van der Waals surface area contributed by atoms with Crippen molar-refractivity contribution in [3.8, 4) is 5.75 Å². The molecule has 1 rings (SSSR count). The summed E-state index contributed by atoms with van der Waals surface area (Å²) in [5.74, 6) is -1.45. The maximum absolute atomic E-state index is 13.7. The van der Waals surface area contributed by atoms with Gasteiger partial charge in [-0.25, -0.2) is 4.39 Å². The van der Waals surface area contributed by atoms with Crippen molar-refractivity contribution in [2.24, 2.45) is 0 Å². The quantitative estimate of drug-likeness (QED) is 0.588. The molecule has 0 amide bonds. The Morgan fingerprint density at radius 3 is 2.58 bits per heavy atom. The average molecular weight is 341 g/mol. The molecule has 106 valence electrons. The summed E-state index contributed by atoms with van der Waals surface area (Å²) >= 11 is 3.05. The van der Waals surface area contributed by atoms with E-state index in [0.29, 0.717) is 0 Å². The molecule has 0 saturated heterocycles. The summed E-state index contributed by atoms with van der Waals surface area (Å²) in [5, 5.41) is 0.158. The fourth-order valence-corrected chi connectivity index (χ4v) is 1.89. The van der Waals surface area contributed by atoms with Crippen LogP contribution in [0.3, 0.4) is 0 Å². The number of carbonyl (C=O) groups is 1. The van der Waals surface area contributed by atoms with E-state index >= 15 is 0 Å². The van der Waals surface area contributed by atoms with Crippen LogP contribution in [0.15, 0.2) is 12.1 Å². The van der Waals surface area contributed by atoms with Crippen molar-refractivity contribution in [1.82, 2.24) is 0 Å². The van der Waals surface area contributed by atoms with Crippen molar-refractivity contribution in [2.45, 2.75) is 25.3 Å². The molecule has 0 heterocycles. The summed E-state index contributed by atoms with van der Waals surface area (Å²) in [6.45, 7) is -1.23. The molecule has 0 aromatic heterocycles. The number of ether oxygens (including phenoxy) is 2. The first-order valence-corrected chi connectivity index (χ1v) is 6.57. The first-order chi connectivity index (χ1) is 8.97. The van der Waals surface area contributed by atoms with Crippen molar-refractivity contribution in [3.05, 3.63) is 29.1 Å². The van der Waals surface area contributed by atoms with Crippen LogP contribution in [-0.2, 0) is 21.3 Å². The highest BCUT2D eigenvalue weighted by atomic mass is 79.9. The molecule has 1 aromatic rings. The van der Waals surface area contributed by atoms with Gasteiger partial charge in [-0.2, -0.15) is 8.78 Å². The normalized spacial score (nSPS) is 10.6. The molecule has 0 N–H and O–H groups in total. The Morgan fingerprint density at radius 2 is 2.05 bits per heavy atom. The number of carbonyl (C=O) groups excluding carboxylic acids is 1. The van der Waals surface area contributed by atoms with Gasteiger partial charge in [0.1, 0.15) is 11.6 Å². The van der Waals surface area contributed by atoms with E-state index in [4.69, 9.17) is 0 Å². The Labute approximate surface area is 116 Å². The van der Waals surface area contributed by atoms with E-state index in [9.17, 15) is 18.0 Å². The van der Waals surface area contributed by atoms with E-state index < -0.39 is 18.4 Å². The van der Waals surface area contributed by atoms with Gasteiger partial charge >= 0.3 is 12.6 Å². The first kappa shape index (κ1) is 15.8. The predicted molar refractivity (Wildman–Crippen MR) is 66.0 cm³/mol. The number of halogens is 4. The smallest absolute Gasteiger partial charge is 0.387 e. The predicted octanol–water partition coefficient (Wildman–Crippen LogP) is 3.43. The SMILES string of the molecule is CCOC(=O)Cc1cc(OC(F)F)c(CBr)cc1F. The van der Waals surface area contributed by atoms with Gasteiger partial charge in [0.2, 0.25) is 0 Å². The van der Waals surface area contributed by atoms with Crippen LogP contribution in [0.5, 0.6) is 5.75 Å². The van der Waals surface area contributed by atoms with Gasteiger partial charge in [0.15, 0.2) is 0 Å². The zero-order valence-electron chi connectivity index (χ0n) is 10.1. The third-order valence-electron chi connectivity index (χ3n) is 2.23. The van der Waals surface area contributed by atoms with Crippen molar-refractivity contribution in [2.75, 3.05) is 6.61 Å². The number of hydrogen-bond acceptors (Lipinski definition) is 3. The molecule has 0 radical (unpaired) electrons. The summed E-state index contributed by atoms with van der Waals surface area (Å²) < 4.78 is 47.1. The van der Waals surface area contributed by atoms with Crippen LogP contribution in [0.2, 0.25) is 0 Å². The van der Waals surface area contributed by atoms with Crippen molar-refractivity contribution < 1.29 is 27.4 Å². The molecule has 3 nitrogen and oxygen atoms in total. The summed E-state index contributed by atoms with van der Waals surface area (Å²) in [5.41, 5.74) is 0.198. The van der Waals surface area contributed by atoms with Gasteiger partial charge in [-0.3, -0.25) is 4.79 Å². The largest absolute Gasteiger partial charge is 0.466 e. The van der Waals surface area contributed by atoms with Crippen LogP contribution >= 0.6 is 15.9 Å². The molecule has 19 heavy (non-hydrogen) atoms. The minimum Gasteiger partial charge on any atom is -0.466 e. The highest BCUT2D eigenvalue weighted by molar-refractivity contribution is 9.08. The van der Waals surface area contributed by atoms with Crippen LogP contribution in [0, 0.1) is 5.82 Å². The topological polar surface area (TPSA) is 35.5 Å². The second-order valence-corrected chi connectivity index (χ2v) is 4.11. The minimum atomic E-state index is -3.02. The van der Waals surface area contributed by atoms with Crippen molar-refractivity contribution in [1.29, 1.82) is 0 Å². The fraction of sp³-hybridized carbons (Fsp3) is 0.417. The van der Waals surface area contributed by atoms with E-state index in [1.807, 2.05) is 0 Å². The molecule has 0 saturated carbocycles. The zero-order valence-corrected chi connectivity index (χ0v) is 11.7. The van der Waals surface area contributed by atoms with Crippen molar-refractivity contribution >= 4 is 21.9 Å². The van der Waals surface area contributed by atoms with Crippen LogP contribution in [0.25, 0.3) is 0 Å². The average Bonchev–Trinajstić information content (AvgIpc) is 2.32. The van der Waals surface area contributed by atoms with Crippen LogP contribution in [-0.4, -0.2) is 19.2 Å². The Bertz CT molecular complexity index is 452. The van der Waals surface area contributed by atoms with Crippen LogP contribution < -0.4 is 4.74 Å². The lowest BCUT2D eigenvalue weighted by Crippen LogP contribution is -2.10. The molecule has 0 aliphatic carbocycles. The number of rotatable bonds is 6. The van der Waals surface area contributed by atoms with E-state index in [1.165, 1.54) is 0 Å². The number of benzene rings is 1. The lowest BCUT2D eigenvalue weighted by molar-refractivity contribution is -0.142. The van der Waals surface area contributed by atoms with Gasteiger partial charge < -0.3 is 9.47 Å². The van der Waals surface area contributed by atoms with Gasteiger partial charge in [-0.1, -0.05) is 15.9 Å². The van der Waals surface area contributed by atoms with E-state index in [-0.39, 0.29) is 35.2 Å². The molecule has 0 unspecified atom stereocenters. The maximum Gasteiger partial charge on any atom is 0.387 e. The molecule has 7 heteroatoms. The fourth-order valence-electron chi connectivity index (χ4n) is 1.45. The third kappa shape index (κ3) is 4.74. The number of hydrogen-bond donors (Lipinski definition) is 0. The van der Waals surface area contributed by atoms with Gasteiger partial charge in [-0.15, -0.1) is 0 Å². The second kappa shape index (κ2) is 7.37. The summed E-state index contributed by atoms with van der Waals surface area (Å²) in [4.78, 5) is 11.3. The Balaban J connectivity index is 3.01. The highest BCUT2D eigenvalue weighted by Gasteiger charge is 2.16. The van der Waals surface area contributed by atoms with Gasteiger partial charge in [0.05, 0.1) is 13.0 Å². The Kier molecular flexibility index (Phi) is 6.14. The molecule has 1 aromatic carbocycles. The van der Waals surface area contributed by atoms with Crippen molar-refractivity contribution in [3.63, 3.8) is 0 Å². The summed E-state index contributed by atoms with van der Waals surface area (Å²) in [7, 11) is 0. The molecule has 0 bridgehead atoms. The standard InChI is InChI=1S/C12H12BrF3O3/c1-2-18-11(17)5-7-4-10(19-12(15)16)8(6-13)3-9(7)14/h3-4,12H,2,5-6H2,1H3. The molecule has 0 atom stereocenters. The Hall–Kier alpha value is -1.24. The lowest BCUT2D eigenvalue weighted by atomic mass is 10.1. The minimum absolute atomic E-state index is 0.0428. The van der Waals surface area contributed by atoms with E-state index in [0.717, 1.165) is 12.1 Å². The number of alkyl halides is 3. The Morgan fingerprint density at radius 1 is 1.37 bits per heavy atom. The molecular weight excluding hydrogens is 329 g/mol. The highest BCUT2D eigenvalue weighted by Crippen LogP contribution is 2.27. The summed E-state index contributed by atoms with van der Waals surface area (Å²) in [6.07, 6.45) is -0.332. The molecule has 0 fully saturated rings. The molecular formula is C12H12BrF3O3. The summed E-state index contributed by atoms with van der Waals surface area (Å²) in [6, 6.07) is 2.15. The molecule has 0 aliphatic heterocycles. The monoisotopic (exact) mass is 340 g/mol. The van der Waals surface area contributed by atoms with Gasteiger partial charge in [0, 0.05) is 16.5 Å². The van der Waals surface area contributed by atoms with E-state index in [2.05, 4.69) is 25.4 Å². The van der Waals surface area contributed by atoms with Crippen LogP contribution in [0.4, 0.5) is 13.2 Å². The lowest BCUT2D eigenvalue weighted by Gasteiger charge is -2.12. The number of esters is 1. The molecule has 0 spiro atoms. The first-order valence-electron chi connectivity index (χ1n) is 5.45. The zero-order chi connectivity index (χ0) is 14.4. The second-order valence-electron chi connectivity index (χ2n) is 3.55. The molecule has 0 aliphatic rings. The van der Waals surface area contributed by atoms with Gasteiger partial charge in [0.25, 0.3) is 0 Å². The maximum atomic E-state index is 13.7. The van der Waals surface area contributed by atoms with E-state index in [1.54, 1.807) is 6.92 Å². The van der Waals surface area contributed by atoms with Crippen LogP contribution in [0.1, 0.15) is 18.1 Å².